The summed E-state index contributed by atoms with van der Waals surface area (Å²) in [4.78, 5) is 36.4. The predicted molar refractivity (Wildman–Crippen MR) is 113 cm³/mol. The van der Waals surface area contributed by atoms with Gasteiger partial charge in [-0.2, -0.15) is 0 Å². The molecule has 2 amide bonds. The third kappa shape index (κ3) is 5.02. The highest BCUT2D eigenvalue weighted by Gasteiger charge is 2.14. The maximum absolute atomic E-state index is 12.6. The van der Waals surface area contributed by atoms with Gasteiger partial charge in [0.2, 0.25) is 0 Å². The van der Waals surface area contributed by atoms with E-state index in [2.05, 4.69) is 10.6 Å². The van der Waals surface area contributed by atoms with Gasteiger partial charge in [-0.15, -0.1) is 0 Å². The second-order valence-electron chi connectivity index (χ2n) is 6.30. The number of rotatable bonds is 7. The van der Waals surface area contributed by atoms with Gasteiger partial charge in [0, 0.05) is 16.8 Å². The first-order valence-electron chi connectivity index (χ1n) is 9.26. The van der Waals surface area contributed by atoms with Crippen molar-refractivity contribution in [3.63, 3.8) is 0 Å². The standard InChI is InChI=1S/C23H20N2O5/c1-2-30-18-10-6-8-16(14-18)21(26)24-17-9-5-7-15(13-17)22(27)25-20-12-4-3-11-19(20)23(28)29/h3-14H,2H2,1H3,(H,24,26)(H,25,27)(H,28,29). The molecule has 3 rings (SSSR count). The molecule has 7 nitrogen and oxygen atoms in total. The Morgan fingerprint density at radius 2 is 1.50 bits per heavy atom. The number of nitrogens with one attached hydrogen (secondary N) is 2. The Morgan fingerprint density at radius 1 is 0.833 bits per heavy atom. The molecule has 0 aliphatic carbocycles. The molecular weight excluding hydrogens is 384 g/mol. The molecule has 0 unspecified atom stereocenters. The largest absolute Gasteiger partial charge is 0.494 e. The van der Waals surface area contributed by atoms with Crippen LogP contribution in [0.15, 0.2) is 72.8 Å². The van der Waals surface area contributed by atoms with E-state index >= 15 is 0 Å². The molecule has 3 aromatic carbocycles. The molecule has 0 aliphatic heterocycles. The van der Waals surface area contributed by atoms with E-state index in [1.54, 1.807) is 54.6 Å². The third-order valence-corrected chi connectivity index (χ3v) is 4.20. The first-order chi connectivity index (χ1) is 14.5. The molecule has 3 aromatic rings. The van der Waals surface area contributed by atoms with Crippen molar-refractivity contribution in [3.05, 3.63) is 89.5 Å². The molecule has 0 saturated carbocycles. The van der Waals surface area contributed by atoms with Crippen LogP contribution in [0.5, 0.6) is 5.75 Å². The fourth-order valence-corrected chi connectivity index (χ4v) is 2.81. The smallest absolute Gasteiger partial charge is 0.337 e. The Hall–Kier alpha value is -4.13. The summed E-state index contributed by atoms with van der Waals surface area (Å²) in [6.45, 7) is 2.35. The summed E-state index contributed by atoms with van der Waals surface area (Å²) in [5.41, 5.74) is 1.31. The average Bonchev–Trinajstić information content (AvgIpc) is 2.74. The van der Waals surface area contributed by atoms with Crippen molar-refractivity contribution in [1.29, 1.82) is 0 Å². The fourth-order valence-electron chi connectivity index (χ4n) is 2.81. The first kappa shape index (κ1) is 20.6. The number of carbonyl (C=O) groups excluding carboxylic acids is 2. The molecule has 0 atom stereocenters. The van der Waals surface area contributed by atoms with Crippen LogP contribution in [0.2, 0.25) is 0 Å². The number of aromatic carboxylic acids is 1. The zero-order chi connectivity index (χ0) is 21.5. The van der Waals surface area contributed by atoms with Gasteiger partial charge in [0.25, 0.3) is 11.8 Å². The topological polar surface area (TPSA) is 105 Å². The van der Waals surface area contributed by atoms with Crippen LogP contribution in [-0.2, 0) is 0 Å². The highest BCUT2D eigenvalue weighted by atomic mass is 16.5. The molecule has 0 aromatic heterocycles. The molecule has 0 heterocycles. The van der Waals surface area contributed by atoms with Gasteiger partial charge >= 0.3 is 5.97 Å². The number of anilines is 2. The maximum Gasteiger partial charge on any atom is 0.337 e. The van der Waals surface area contributed by atoms with Crippen LogP contribution in [0.25, 0.3) is 0 Å². The van der Waals surface area contributed by atoms with Crippen LogP contribution in [0.3, 0.4) is 0 Å². The van der Waals surface area contributed by atoms with Gasteiger partial charge in [0.1, 0.15) is 5.75 Å². The van der Waals surface area contributed by atoms with E-state index in [0.29, 0.717) is 23.6 Å². The van der Waals surface area contributed by atoms with Crippen LogP contribution < -0.4 is 15.4 Å². The van der Waals surface area contributed by atoms with E-state index in [9.17, 15) is 19.5 Å². The Labute approximate surface area is 173 Å². The summed E-state index contributed by atoms with van der Waals surface area (Å²) in [6.07, 6.45) is 0. The molecule has 7 heteroatoms. The highest BCUT2D eigenvalue weighted by Crippen LogP contribution is 2.19. The lowest BCUT2D eigenvalue weighted by Gasteiger charge is -2.10. The van der Waals surface area contributed by atoms with E-state index in [4.69, 9.17) is 4.74 Å². The minimum atomic E-state index is -1.14. The van der Waals surface area contributed by atoms with Crippen molar-refractivity contribution >= 4 is 29.2 Å². The zero-order valence-electron chi connectivity index (χ0n) is 16.2. The van der Waals surface area contributed by atoms with E-state index in [1.165, 1.54) is 18.2 Å². The number of para-hydroxylation sites is 1. The monoisotopic (exact) mass is 404 g/mol. The number of carboxylic acid groups (broad SMARTS) is 1. The minimum Gasteiger partial charge on any atom is -0.494 e. The molecular formula is C23H20N2O5. The van der Waals surface area contributed by atoms with Crippen molar-refractivity contribution in [2.24, 2.45) is 0 Å². The molecule has 0 bridgehead atoms. The Morgan fingerprint density at radius 3 is 2.23 bits per heavy atom. The normalized spacial score (nSPS) is 10.2. The molecule has 0 spiro atoms. The van der Waals surface area contributed by atoms with Crippen molar-refractivity contribution in [2.75, 3.05) is 17.2 Å². The number of hydrogen-bond donors (Lipinski definition) is 3. The van der Waals surface area contributed by atoms with Gasteiger partial charge < -0.3 is 20.5 Å². The van der Waals surface area contributed by atoms with Gasteiger partial charge in [-0.3, -0.25) is 9.59 Å². The second-order valence-corrected chi connectivity index (χ2v) is 6.30. The Balaban J connectivity index is 1.75. The minimum absolute atomic E-state index is 0.00973. The van der Waals surface area contributed by atoms with Crippen LogP contribution in [0.4, 0.5) is 11.4 Å². The number of carbonyl (C=O) groups is 3. The second kappa shape index (κ2) is 9.38. The van der Waals surface area contributed by atoms with Crippen LogP contribution in [0.1, 0.15) is 38.0 Å². The van der Waals surface area contributed by atoms with Gasteiger partial charge in [-0.1, -0.05) is 24.3 Å². The van der Waals surface area contributed by atoms with E-state index in [1.807, 2.05) is 6.92 Å². The quantitative estimate of drug-likeness (QED) is 0.545. The Bertz CT molecular complexity index is 1090. The number of benzene rings is 3. The summed E-state index contributed by atoms with van der Waals surface area (Å²) in [6, 6.07) is 19.3. The van der Waals surface area contributed by atoms with E-state index < -0.39 is 11.9 Å². The van der Waals surface area contributed by atoms with Crippen molar-refractivity contribution in [3.8, 4) is 5.75 Å². The van der Waals surface area contributed by atoms with Gasteiger partial charge in [-0.25, -0.2) is 4.79 Å². The summed E-state index contributed by atoms with van der Waals surface area (Å²) >= 11 is 0. The summed E-state index contributed by atoms with van der Waals surface area (Å²) in [5, 5.41) is 14.6. The van der Waals surface area contributed by atoms with Gasteiger partial charge in [0.15, 0.2) is 0 Å². The summed E-state index contributed by atoms with van der Waals surface area (Å²) in [7, 11) is 0. The first-order valence-corrected chi connectivity index (χ1v) is 9.26. The number of carboxylic acids is 1. The third-order valence-electron chi connectivity index (χ3n) is 4.20. The molecule has 0 fully saturated rings. The van der Waals surface area contributed by atoms with E-state index in [-0.39, 0.29) is 22.7 Å². The van der Waals surface area contributed by atoms with Crippen molar-refractivity contribution in [1.82, 2.24) is 0 Å². The lowest BCUT2D eigenvalue weighted by molar-refractivity contribution is 0.0697. The number of amides is 2. The molecule has 0 saturated heterocycles. The zero-order valence-corrected chi connectivity index (χ0v) is 16.2. The summed E-state index contributed by atoms with van der Waals surface area (Å²) in [5.74, 6) is -1.37. The maximum atomic E-state index is 12.6. The average molecular weight is 404 g/mol. The molecule has 30 heavy (non-hydrogen) atoms. The molecule has 0 radical (unpaired) electrons. The van der Waals surface area contributed by atoms with E-state index in [0.717, 1.165) is 0 Å². The highest BCUT2D eigenvalue weighted by molar-refractivity contribution is 6.09. The van der Waals surface area contributed by atoms with Crippen molar-refractivity contribution < 1.29 is 24.2 Å². The van der Waals surface area contributed by atoms with Gasteiger partial charge in [0.05, 0.1) is 17.9 Å². The van der Waals surface area contributed by atoms with Gasteiger partial charge in [-0.05, 0) is 55.5 Å². The molecule has 3 N–H and O–H groups in total. The van der Waals surface area contributed by atoms with Crippen molar-refractivity contribution in [2.45, 2.75) is 6.92 Å². The SMILES string of the molecule is CCOc1cccc(C(=O)Nc2cccc(C(=O)Nc3ccccc3C(=O)O)c2)c1. The number of ether oxygens (including phenoxy) is 1. The molecule has 0 aliphatic rings. The lowest BCUT2D eigenvalue weighted by atomic mass is 10.1. The lowest BCUT2D eigenvalue weighted by Crippen LogP contribution is -2.16. The molecule has 152 valence electrons. The Kier molecular flexibility index (Phi) is 6.44. The predicted octanol–water partition coefficient (Wildman–Crippen LogP) is 4.29. The summed E-state index contributed by atoms with van der Waals surface area (Å²) < 4.78 is 5.41. The van der Waals surface area contributed by atoms with Crippen LogP contribution in [-0.4, -0.2) is 29.5 Å². The number of hydrogen-bond acceptors (Lipinski definition) is 4. The van der Waals surface area contributed by atoms with Crippen LogP contribution in [0, 0.1) is 0 Å². The fraction of sp³-hybridized carbons (Fsp3) is 0.0870. The van der Waals surface area contributed by atoms with Crippen LogP contribution >= 0.6 is 0 Å².